The second kappa shape index (κ2) is 7.21. The number of amides is 1. The van der Waals surface area contributed by atoms with Crippen molar-refractivity contribution >= 4 is 11.9 Å². The summed E-state index contributed by atoms with van der Waals surface area (Å²) in [6.07, 6.45) is -0.0491. The second-order valence-electron chi connectivity index (χ2n) is 3.95. The summed E-state index contributed by atoms with van der Waals surface area (Å²) in [4.78, 5) is 29.7. The minimum Gasteiger partial charge on any atom is -0.481 e. The summed E-state index contributed by atoms with van der Waals surface area (Å²) in [5.41, 5.74) is 0. The van der Waals surface area contributed by atoms with Crippen molar-refractivity contribution in [2.24, 2.45) is 0 Å². The molecule has 0 aliphatic carbocycles. The molecule has 0 unspecified atom stereocenters. The van der Waals surface area contributed by atoms with Gasteiger partial charge in [-0.05, 0) is 0 Å². The first-order chi connectivity index (χ1) is 8.13. The molecule has 0 atom stereocenters. The van der Waals surface area contributed by atoms with E-state index in [0.717, 1.165) is 13.1 Å². The fourth-order valence-corrected chi connectivity index (χ4v) is 1.76. The van der Waals surface area contributed by atoms with Crippen LogP contribution in [0.5, 0.6) is 0 Å². The average molecular weight is 246 g/mol. The Morgan fingerprint density at radius 1 is 1.12 bits per heavy atom. The molecule has 0 aromatic rings. The highest BCUT2D eigenvalue weighted by molar-refractivity contribution is 5.80. The first-order valence-electron chi connectivity index (χ1n) is 5.61. The predicted molar refractivity (Wildman–Crippen MR) is 58.5 cm³/mol. The molecule has 0 saturated carbocycles. The number of nitrogens with zero attached hydrogens (tertiary/aromatic N) is 2. The molecule has 1 amide bonds. The number of carbonyl (C=O) groups excluding carboxylic acids is 1. The van der Waals surface area contributed by atoms with E-state index in [-0.39, 0.29) is 25.4 Å². The molecule has 0 bridgehead atoms. The fraction of sp³-hybridized carbons (Fsp3) is 0.800. The summed E-state index contributed by atoms with van der Waals surface area (Å²) in [7, 11) is 0. The number of hydrogen-bond acceptors (Lipinski definition) is 5. The van der Waals surface area contributed by atoms with Crippen molar-refractivity contribution in [1.82, 2.24) is 9.80 Å². The van der Waals surface area contributed by atoms with Gasteiger partial charge in [0.1, 0.15) is 0 Å². The van der Waals surface area contributed by atoms with E-state index in [2.05, 4.69) is 9.79 Å². The quantitative estimate of drug-likeness (QED) is 0.484. The highest BCUT2D eigenvalue weighted by atomic mass is 17.1. The molecule has 0 spiro atoms. The zero-order valence-electron chi connectivity index (χ0n) is 9.67. The van der Waals surface area contributed by atoms with Crippen LogP contribution < -0.4 is 0 Å². The Hall–Kier alpha value is -1.18. The summed E-state index contributed by atoms with van der Waals surface area (Å²) in [5.74, 6) is -1.05. The van der Waals surface area contributed by atoms with Crippen LogP contribution in [0.1, 0.15) is 12.8 Å². The van der Waals surface area contributed by atoms with E-state index in [1.807, 2.05) is 0 Å². The molecule has 0 aromatic carbocycles. The summed E-state index contributed by atoms with van der Waals surface area (Å²) in [6.45, 7) is 3.54. The number of piperazine rings is 1. The SMILES string of the molecule is O=C(O)CCC(=O)N1CCN(CCOO)CC1. The molecule has 2 N–H and O–H groups in total. The molecule has 17 heavy (non-hydrogen) atoms. The first-order valence-corrected chi connectivity index (χ1v) is 5.61. The van der Waals surface area contributed by atoms with Crippen molar-refractivity contribution in [3.05, 3.63) is 0 Å². The zero-order valence-corrected chi connectivity index (χ0v) is 9.67. The minimum absolute atomic E-state index is 0.0646. The molecule has 1 aliphatic rings. The lowest BCUT2D eigenvalue weighted by molar-refractivity contribution is -0.244. The molecule has 1 aliphatic heterocycles. The number of carbonyl (C=O) groups is 2. The number of hydrogen-bond donors (Lipinski definition) is 2. The van der Waals surface area contributed by atoms with Crippen LogP contribution in [0.3, 0.4) is 0 Å². The molecule has 1 saturated heterocycles. The standard InChI is InChI=1S/C10H18N2O5/c13-9(1-2-10(14)15)12-5-3-11(4-6-12)7-8-17-16/h16H,1-8H2,(H,14,15). The number of aliphatic carboxylic acids is 1. The number of rotatable bonds is 6. The Morgan fingerprint density at radius 2 is 1.76 bits per heavy atom. The van der Waals surface area contributed by atoms with Crippen molar-refractivity contribution in [2.45, 2.75) is 12.8 Å². The molecular weight excluding hydrogens is 228 g/mol. The molecule has 1 rings (SSSR count). The molecule has 7 heteroatoms. The largest absolute Gasteiger partial charge is 0.481 e. The van der Waals surface area contributed by atoms with E-state index >= 15 is 0 Å². The van der Waals surface area contributed by atoms with Crippen molar-refractivity contribution in [3.63, 3.8) is 0 Å². The van der Waals surface area contributed by atoms with Gasteiger partial charge in [0.05, 0.1) is 13.0 Å². The lowest BCUT2D eigenvalue weighted by Gasteiger charge is -2.34. The van der Waals surface area contributed by atoms with Gasteiger partial charge in [0.25, 0.3) is 0 Å². The van der Waals surface area contributed by atoms with Crippen LogP contribution in [-0.2, 0) is 14.5 Å². The lowest BCUT2D eigenvalue weighted by atomic mass is 10.2. The summed E-state index contributed by atoms with van der Waals surface area (Å²) >= 11 is 0. The van der Waals surface area contributed by atoms with Gasteiger partial charge in [-0.15, -0.1) is 0 Å². The minimum atomic E-state index is -0.947. The van der Waals surface area contributed by atoms with E-state index in [9.17, 15) is 9.59 Å². The number of carboxylic acids is 1. The van der Waals surface area contributed by atoms with E-state index < -0.39 is 5.97 Å². The van der Waals surface area contributed by atoms with Gasteiger partial charge < -0.3 is 10.0 Å². The molecule has 0 aromatic heterocycles. The maximum absolute atomic E-state index is 11.6. The third-order valence-corrected chi connectivity index (χ3v) is 2.78. The van der Waals surface area contributed by atoms with Gasteiger partial charge in [-0.3, -0.25) is 19.7 Å². The Bertz CT molecular complexity index is 263. The molecule has 98 valence electrons. The Morgan fingerprint density at radius 3 is 2.29 bits per heavy atom. The highest BCUT2D eigenvalue weighted by Crippen LogP contribution is 2.05. The smallest absolute Gasteiger partial charge is 0.303 e. The van der Waals surface area contributed by atoms with Gasteiger partial charge in [0, 0.05) is 39.1 Å². The highest BCUT2D eigenvalue weighted by Gasteiger charge is 2.20. The normalized spacial score (nSPS) is 17.1. The van der Waals surface area contributed by atoms with Crippen molar-refractivity contribution in [1.29, 1.82) is 0 Å². The van der Waals surface area contributed by atoms with Crippen molar-refractivity contribution < 1.29 is 24.8 Å². The van der Waals surface area contributed by atoms with Crippen LogP contribution in [0.2, 0.25) is 0 Å². The Labute approximate surface area is 99.5 Å². The Balaban J connectivity index is 2.21. The van der Waals surface area contributed by atoms with Crippen LogP contribution in [0, 0.1) is 0 Å². The fourth-order valence-electron chi connectivity index (χ4n) is 1.76. The summed E-state index contributed by atoms with van der Waals surface area (Å²) in [6, 6.07) is 0. The summed E-state index contributed by atoms with van der Waals surface area (Å²) < 4.78 is 0. The van der Waals surface area contributed by atoms with Gasteiger partial charge >= 0.3 is 5.97 Å². The van der Waals surface area contributed by atoms with Crippen molar-refractivity contribution in [2.75, 3.05) is 39.3 Å². The van der Waals surface area contributed by atoms with Crippen LogP contribution >= 0.6 is 0 Å². The van der Waals surface area contributed by atoms with E-state index in [0.29, 0.717) is 19.6 Å². The number of carboxylic acid groups (broad SMARTS) is 1. The van der Waals surface area contributed by atoms with E-state index in [1.165, 1.54) is 0 Å². The maximum atomic E-state index is 11.6. The zero-order chi connectivity index (χ0) is 12.7. The van der Waals surface area contributed by atoms with Gasteiger partial charge in [-0.1, -0.05) is 0 Å². The monoisotopic (exact) mass is 246 g/mol. The molecule has 1 heterocycles. The Kier molecular flexibility index (Phi) is 5.88. The van der Waals surface area contributed by atoms with Gasteiger partial charge in [0.2, 0.25) is 5.91 Å². The van der Waals surface area contributed by atoms with Crippen LogP contribution in [0.4, 0.5) is 0 Å². The maximum Gasteiger partial charge on any atom is 0.303 e. The topological polar surface area (TPSA) is 90.3 Å². The second-order valence-corrected chi connectivity index (χ2v) is 3.95. The van der Waals surface area contributed by atoms with Gasteiger partial charge in [0.15, 0.2) is 0 Å². The third kappa shape index (κ3) is 5.12. The van der Waals surface area contributed by atoms with Gasteiger partial charge in [-0.2, -0.15) is 0 Å². The third-order valence-electron chi connectivity index (χ3n) is 2.78. The van der Waals surface area contributed by atoms with E-state index in [1.54, 1.807) is 4.90 Å². The summed E-state index contributed by atoms with van der Waals surface area (Å²) in [5, 5.41) is 16.7. The average Bonchev–Trinajstić information content (AvgIpc) is 2.34. The van der Waals surface area contributed by atoms with E-state index in [4.69, 9.17) is 10.4 Å². The van der Waals surface area contributed by atoms with Crippen molar-refractivity contribution in [3.8, 4) is 0 Å². The molecular formula is C10H18N2O5. The van der Waals surface area contributed by atoms with Gasteiger partial charge in [-0.25, -0.2) is 4.89 Å². The molecule has 7 nitrogen and oxygen atoms in total. The van der Waals surface area contributed by atoms with Crippen LogP contribution in [-0.4, -0.2) is 71.4 Å². The molecule has 1 fully saturated rings. The lowest BCUT2D eigenvalue weighted by Crippen LogP contribution is -2.49. The molecule has 0 radical (unpaired) electrons. The predicted octanol–water partition coefficient (Wildman–Crippen LogP) is -0.515. The van der Waals surface area contributed by atoms with Crippen LogP contribution in [0.15, 0.2) is 0 Å². The van der Waals surface area contributed by atoms with Crippen LogP contribution in [0.25, 0.3) is 0 Å². The first kappa shape index (κ1) is 13.9.